The SMILES string of the molecule is CN(C)CCc1ccc(OCCCc2ccc(N3CCc4cccc(C(=O)Nc5nc6ccccc6s5)c4C3)nc2C(=O)O)cc1. The molecule has 0 spiro atoms. The predicted molar refractivity (Wildman–Crippen MR) is 182 cm³/mol. The molecule has 1 aliphatic heterocycles. The van der Waals surface area contributed by atoms with E-state index in [1.807, 2.05) is 71.6 Å². The molecule has 0 bridgehead atoms. The lowest BCUT2D eigenvalue weighted by Crippen LogP contribution is -2.33. The summed E-state index contributed by atoms with van der Waals surface area (Å²) in [6, 6.07) is 25.4. The zero-order chi connectivity index (χ0) is 32.0. The molecule has 2 N–H and O–H groups in total. The molecule has 1 aliphatic rings. The molecule has 236 valence electrons. The number of thiazole rings is 1. The van der Waals surface area contributed by atoms with Crippen molar-refractivity contribution in [2.24, 2.45) is 0 Å². The number of hydrogen-bond donors (Lipinski definition) is 2. The van der Waals surface area contributed by atoms with Crippen LogP contribution in [-0.2, 0) is 25.8 Å². The number of nitrogens with zero attached hydrogens (tertiary/aromatic N) is 4. The van der Waals surface area contributed by atoms with Crippen LogP contribution in [0.4, 0.5) is 10.9 Å². The van der Waals surface area contributed by atoms with Crippen LogP contribution in [0, 0.1) is 0 Å². The Kier molecular flexibility index (Phi) is 9.56. The van der Waals surface area contributed by atoms with Crippen molar-refractivity contribution in [1.82, 2.24) is 14.9 Å². The Bertz CT molecular complexity index is 1820. The topological polar surface area (TPSA) is 108 Å². The Labute approximate surface area is 272 Å². The van der Waals surface area contributed by atoms with Gasteiger partial charge >= 0.3 is 5.97 Å². The van der Waals surface area contributed by atoms with Gasteiger partial charge in [-0.05, 0) is 98.4 Å². The highest BCUT2D eigenvalue weighted by atomic mass is 32.1. The first-order valence-corrected chi connectivity index (χ1v) is 16.3. The van der Waals surface area contributed by atoms with Crippen LogP contribution in [0.1, 0.15) is 49.5 Å². The Morgan fingerprint density at radius 1 is 0.978 bits per heavy atom. The molecule has 0 atom stereocenters. The van der Waals surface area contributed by atoms with E-state index in [4.69, 9.17) is 4.74 Å². The first-order valence-electron chi connectivity index (χ1n) is 15.5. The Hall–Kier alpha value is -4.80. The zero-order valence-electron chi connectivity index (χ0n) is 26.0. The van der Waals surface area contributed by atoms with Crippen LogP contribution in [0.5, 0.6) is 5.75 Å². The van der Waals surface area contributed by atoms with E-state index in [1.54, 1.807) is 0 Å². The summed E-state index contributed by atoms with van der Waals surface area (Å²) in [5.74, 6) is 0.118. The lowest BCUT2D eigenvalue weighted by Gasteiger charge is -2.31. The fourth-order valence-electron chi connectivity index (χ4n) is 5.68. The van der Waals surface area contributed by atoms with Gasteiger partial charge in [0.05, 0.1) is 16.8 Å². The van der Waals surface area contributed by atoms with Gasteiger partial charge in [0.2, 0.25) is 0 Å². The highest BCUT2D eigenvalue weighted by Gasteiger charge is 2.24. The van der Waals surface area contributed by atoms with Crippen LogP contribution < -0.4 is 15.0 Å². The van der Waals surface area contributed by atoms with Gasteiger partial charge in [-0.25, -0.2) is 14.8 Å². The first-order chi connectivity index (χ1) is 22.3. The standard InChI is InChI=1S/C36H37N5O4S/c1-40(2)20-18-24-12-15-27(16-13-24)45-22-6-8-26-14-17-32(38-33(26)35(43)44)41-21-19-25-7-5-9-28(29(25)23-41)34(42)39-36-37-30-10-3-4-11-31(30)46-36/h3-5,7,9-17H,6,8,18-23H2,1-2H3,(H,43,44)(H,37,39,42). The maximum Gasteiger partial charge on any atom is 0.354 e. The van der Waals surface area contributed by atoms with Crippen LogP contribution in [0.3, 0.4) is 0 Å². The van der Waals surface area contributed by atoms with E-state index >= 15 is 0 Å². The van der Waals surface area contributed by atoms with Crippen molar-refractivity contribution in [2.75, 3.05) is 44.0 Å². The Morgan fingerprint density at radius 2 is 1.80 bits per heavy atom. The van der Waals surface area contributed by atoms with Crippen LogP contribution in [-0.4, -0.2) is 65.6 Å². The summed E-state index contributed by atoms with van der Waals surface area (Å²) in [5, 5.41) is 13.5. The predicted octanol–water partition coefficient (Wildman–Crippen LogP) is 6.32. The van der Waals surface area contributed by atoms with Crippen molar-refractivity contribution in [3.05, 3.63) is 112 Å². The number of hydrogen-bond acceptors (Lipinski definition) is 8. The summed E-state index contributed by atoms with van der Waals surface area (Å²) in [4.78, 5) is 39.0. The van der Waals surface area contributed by atoms with Crippen LogP contribution in [0.15, 0.2) is 78.9 Å². The lowest BCUT2D eigenvalue weighted by molar-refractivity contribution is 0.0689. The highest BCUT2D eigenvalue weighted by Crippen LogP contribution is 2.29. The molecule has 1 amide bonds. The summed E-state index contributed by atoms with van der Waals surface area (Å²) in [6.45, 7) is 2.59. The van der Waals surface area contributed by atoms with E-state index in [-0.39, 0.29) is 11.6 Å². The van der Waals surface area contributed by atoms with E-state index in [0.717, 1.165) is 46.5 Å². The minimum absolute atomic E-state index is 0.0513. The molecule has 2 aromatic heterocycles. The number of nitrogens with one attached hydrogen (secondary N) is 1. The van der Waals surface area contributed by atoms with Gasteiger partial charge in [-0.3, -0.25) is 10.1 Å². The third-order valence-corrected chi connectivity index (χ3v) is 9.10. The maximum atomic E-state index is 13.4. The van der Waals surface area contributed by atoms with Crippen molar-refractivity contribution in [3.63, 3.8) is 0 Å². The van der Waals surface area contributed by atoms with Gasteiger partial charge in [0.15, 0.2) is 10.8 Å². The third kappa shape index (κ3) is 7.35. The van der Waals surface area contributed by atoms with E-state index in [9.17, 15) is 14.7 Å². The number of aryl methyl sites for hydroxylation is 1. The largest absolute Gasteiger partial charge is 0.494 e. The van der Waals surface area contributed by atoms with Gasteiger partial charge < -0.3 is 19.6 Å². The van der Waals surface area contributed by atoms with Crippen molar-refractivity contribution >= 4 is 44.4 Å². The number of aromatic nitrogens is 2. The van der Waals surface area contributed by atoms with Crippen molar-refractivity contribution in [1.29, 1.82) is 0 Å². The quantitative estimate of drug-likeness (QED) is 0.153. The molecular weight excluding hydrogens is 598 g/mol. The minimum atomic E-state index is -1.06. The summed E-state index contributed by atoms with van der Waals surface area (Å²) < 4.78 is 6.93. The van der Waals surface area contributed by atoms with Crippen molar-refractivity contribution in [2.45, 2.75) is 32.2 Å². The van der Waals surface area contributed by atoms with Crippen LogP contribution >= 0.6 is 11.3 Å². The fraction of sp³-hybridized carbons (Fsp3) is 0.278. The molecule has 10 heteroatoms. The number of carbonyl (C=O) groups is 2. The Morgan fingerprint density at radius 3 is 2.59 bits per heavy atom. The molecular formula is C36H37N5O4S. The second-order valence-corrected chi connectivity index (χ2v) is 12.7. The molecule has 5 aromatic rings. The fourth-order valence-corrected chi connectivity index (χ4v) is 6.54. The van der Waals surface area contributed by atoms with E-state index < -0.39 is 5.97 Å². The first kappa shape index (κ1) is 31.2. The Balaban J connectivity index is 1.10. The van der Waals surface area contributed by atoms with E-state index in [1.165, 1.54) is 16.9 Å². The van der Waals surface area contributed by atoms with Gasteiger partial charge in [0, 0.05) is 25.2 Å². The number of fused-ring (bicyclic) bond motifs is 2. The number of anilines is 2. The second kappa shape index (κ2) is 14.1. The second-order valence-electron chi connectivity index (χ2n) is 11.7. The molecule has 0 radical (unpaired) electrons. The highest BCUT2D eigenvalue weighted by molar-refractivity contribution is 7.22. The number of aromatic carboxylic acids is 1. The molecule has 0 saturated heterocycles. The minimum Gasteiger partial charge on any atom is -0.494 e. The van der Waals surface area contributed by atoms with Crippen molar-refractivity contribution in [3.8, 4) is 5.75 Å². The summed E-state index contributed by atoms with van der Waals surface area (Å²) in [5.41, 5.74) is 5.44. The number of pyridine rings is 1. The van der Waals surface area contributed by atoms with Gasteiger partial charge in [-0.1, -0.05) is 53.8 Å². The lowest BCUT2D eigenvalue weighted by atomic mass is 9.94. The summed E-state index contributed by atoms with van der Waals surface area (Å²) in [6.07, 6.45) is 2.90. The molecule has 6 rings (SSSR count). The average molecular weight is 636 g/mol. The summed E-state index contributed by atoms with van der Waals surface area (Å²) in [7, 11) is 4.13. The summed E-state index contributed by atoms with van der Waals surface area (Å²) >= 11 is 1.44. The molecule has 3 aromatic carbocycles. The molecule has 0 aliphatic carbocycles. The van der Waals surface area contributed by atoms with Gasteiger partial charge in [-0.2, -0.15) is 0 Å². The molecule has 0 unspecified atom stereocenters. The number of rotatable bonds is 12. The monoisotopic (exact) mass is 635 g/mol. The molecule has 3 heterocycles. The van der Waals surface area contributed by atoms with Crippen LogP contribution in [0.25, 0.3) is 10.2 Å². The molecule has 46 heavy (non-hydrogen) atoms. The average Bonchev–Trinajstić information content (AvgIpc) is 3.48. The zero-order valence-corrected chi connectivity index (χ0v) is 26.8. The number of carboxylic acid groups (broad SMARTS) is 1. The molecule has 0 saturated carbocycles. The number of carbonyl (C=O) groups excluding carboxylic acids is 1. The van der Waals surface area contributed by atoms with Crippen molar-refractivity contribution < 1.29 is 19.4 Å². The normalized spacial score (nSPS) is 12.7. The molecule has 9 nitrogen and oxygen atoms in total. The van der Waals surface area contributed by atoms with Gasteiger partial charge in [0.25, 0.3) is 5.91 Å². The number of carboxylic acids is 1. The molecule has 0 fully saturated rings. The third-order valence-electron chi connectivity index (χ3n) is 8.15. The van der Waals surface area contributed by atoms with E-state index in [0.29, 0.717) is 54.6 Å². The number of likely N-dealkylation sites (N-methyl/N-ethyl adjacent to an activating group) is 1. The number of para-hydroxylation sites is 1. The smallest absolute Gasteiger partial charge is 0.354 e. The maximum absolute atomic E-state index is 13.4. The number of ether oxygens (including phenoxy) is 1. The van der Waals surface area contributed by atoms with Crippen LogP contribution in [0.2, 0.25) is 0 Å². The van der Waals surface area contributed by atoms with Gasteiger partial charge in [0.1, 0.15) is 11.6 Å². The van der Waals surface area contributed by atoms with E-state index in [2.05, 4.69) is 46.4 Å². The number of benzene rings is 3. The number of amides is 1. The van der Waals surface area contributed by atoms with Gasteiger partial charge in [-0.15, -0.1) is 0 Å².